The quantitative estimate of drug-likeness (QED) is 0.618. The molecule has 15 heavy (non-hydrogen) atoms. The molecule has 0 aliphatic carbocycles. The molecule has 0 aliphatic heterocycles. The summed E-state index contributed by atoms with van der Waals surface area (Å²) in [5, 5.41) is 0. The number of carbonyl (C=O) groups excluding carboxylic acids is 1. The summed E-state index contributed by atoms with van der Waals surface area (Å²) in [6.07, 6.45) is 5.55. The number of nitrogens with zero attached hydrogens (tertiary/aromatic N) is 1. The highest BCUT2D eigenvalue weighted by atomic mass is 16.2. The summed E-state index contributed by atoms with van der Waals surface area (Å²) in [4.78, 5) is 13.9. The normalized spacial score (nSPS) is 11.7. The lowest BCUT2D eigenvalue weighted by atomic mass is 10.1. The number of hydrogen-bond acceptors (Lipinski definition) is 1. The molecule has 0 heterocycles. The Kier molecular flexibility index (Phi) is 7.10. The third-order valence-corrected chi connectivity index (χ3v) is 2.54. The van der Waals surface area contributed by atoms with Crippen molar-refractivity contribution in [3.8, 4) is 0 Å². The number of amides is 1. The minimum atomic E-state index is 0.153. The molecule has 0 fully saturated rings. The van der Waals surface area contributed by atoms with Gasteiger partial charge in [-0.05, 0) is 31.8 Å². The predicted molar refractivity (Wildman–Crippen MR) is 65.7 cm³/mol. The molecule has 0 aromatic carbocycles. The monoisotopic (exact) mass is 211 g/mol. The summed E-state index contributed by atoms with van der Waals surface area (Å²) in [7, 11) is 0. The van der Waals surface area contributed by atoms with E-state index in [1.807, 2.05) is 17.9 Å². The molecule has 0 saturated heterocycles. The van der Waals surface area contributed by atoms with Crippen LogP contribution in [0.2, 0.25) is 0 Å². The molecule has 0 aromatic heterocycles. The zero-order valence-corrected chi connectivity index (χ0v) is 10.8. The largest absolute Gasteiger partial charge is 0.336 e. The molecule has 1 amide bonds. The SMILES string of the molecule is CC=CC(=O)N(CC(C)C)C(CC)CC. The molecule has 0 N–H and O–H groups in total. The molecule has 0 unspecified atom stereocenters. The fourth-order valence-corrected chi connectivity index (χ4v) is 1.78. The standard InChI is InChI=1S/C13H25NO/c1-6-9-13(15)14(10-11(4)5)12(7-2)8-3/h6,9,11-12H,7-8,10H2,1-5H3. The number of hydrogen-bond donors (Lipinski definition) is 0. The van der Waals surface area contributed by atoms with Crippen molar-refractivity contribution in [3.05, 3.63) is 12.2 Å². The van der Waals surface area contributed by atoms with Crippen molar-refractivity contribution in [3.63, 3.8) is 0 Å². The van der Waals surface area contributed by atoms with Gasteiger partial charge in [-0.15, -0.1) is 0 Å². The van der Waals surface area contributed by atoms with Gasteiger partial charge in [0.15, 0.2) is 0 Å². The summed E-state index contributed by atoms with van der Waals surface area (Å²) in [6.45, 7) is 11.3. The Labute approximate surface area is 94.4 Å². The minimum Gasteiger partial charge on any atom is -0.336 e. The van der Waals surface area contributed by atoms with Crippen molar-refractivity contribution < 1.29 is 4.79 Å². The van der Waals surface area contributed by atoms with E-state index in [0.717, 1.165) is 19.4 Å². The van der Waals surface area contributed by atoms with E-state index in [4.69, 9.17) is 0 Å². The molecule has 88 valence electrons. The lowest BCUT2D eigenvalue weighted by molar-refractivity contribution is -0.129. The maximum absolute atomic E-state index is 11.9. The van der Waals surface area contributed by atoms with Gasteiger partial charge in [-0.2, -0.15) is 0 Å². The van der Waals surface area contributed by atoms with E-state index >= 15 is 0 Å². The molecule has 2 nitrogen and oxygen atoms in total. The minimum absolute atomic E-state index is 0.153. The lowest BCUT2D eigenvalue weighted by Crippen LogP contribution is -2.41. The van der Waals surface area contributed by atoms with Gasteiger partial charge < -0.3 is 4.90 Å². The van der Waals surface area contributed by atoms with Gasteiger partial charge in [0.05, 0.1) is 0 Å². The van der Waals surface area contributed by atoms with Gasteiger partial charge in [-0.1, -0.05) is 33.8 Å². The van der Waals surface area contributed by atoms with E-state index in [2.05, 4.69) is 27.7 Å². The molecular formula is C13H25NO. The number of rotatable bonds is 6. The van der Waals surface area contributed by atoms with Crippen molar-refractivity contribution in [1.29, 1.82) is 0 Å². The maximum Gasteiger partial charge on any atom is 0.246 e. The molecule has 0 radical (unpaired) electrons. The predicted octanol–water partition coefficient (Wildman–Crippen LogP) is 3.24. The van der Waals surface area contributed by atoms with Crippen molar-refractivity contribution in [2.45, 2.75) is 53.5 Å². The Morgan fingerprint density at radius 3 is 2.13 bits per heavy atom. The fraction of sp³-hybridized carbons (Fsp3) is 0.769. The van der Waals surface area contributed by atoms with Gasteiger partial charge in [0.2, 0.25) is 5.91 Å². The Morgan fingerprint density at radius 2 is 1.80 bits per heavy atom. The van der Waals surface area contributed by atoms with Crippen molar-refractivity contribution in [2.75, 3.05) is 6.54 Å². The first kappa shape index (κ1) is 14.2. The van der Waals surface area contributed by atoms with Crippen LogP contribution in [0.1, 0.15) is 47.5 Å². The smallest absolute Gasteiger partial charge is 0.246 e. The van der Waals surface area contributed by atoms with Crippen LogP contribution in [0.5, 0.6) is 0 Å². The summed E-state index contributed by atoms with van der Waals surface area (Å²) in [5.74, 6) is 0.680. The third-order valence-electron chi connectivity index (χ3n) is 2.54. The van der Waals surface area contributed by atoms with Crippen LogP contribution in [0.25, 0.3) is 0 Å². The first-order valence-electron chi connectivity index (χ1n) is 6.00. The van der Waals surface area contributed by atoms with Gasteiger partial charge in [0, 0.05) is 12.6 Å². The van der Waals surface area contributed by atoms with Crippen LogP contribution < -0.4 is 0 Å². The molecule has 0 bridgehead atoms. The average Bonchev–Trinajstić information content (AvgIpc) is 2.18. The van der Waals surface area contributed by atoms with E-state index in [9.17, 15) is 4.79 Å². The molecule has 0 spiro atoms. The van der Waals surface area contributed by atoms with E-state index in [0.29, 0.717) is 12.0 Å². The molecule has 0 atom stereocenters. The highest BCUT2D eigenvalue weighted by Crippen LogP contribution is 2.12. The number of carbonyl (C=O) groups is 1. The van der Waals surface area contributed by atoms with E-state index < -0.39 is 0 Å². The van der Waals surface area contributed by atoms with Crippen LogP contribution in [-0.2, 0) is 4.79 Å². The second-order valence-electron chi connectivity index (χ2n) is 4.35. The Balaban J connectivity index is 4.62. The van der Waals surface area contributed by atoms with Gasteiger partial charge in [0.25, 0.3) is 0 Å². The Bertz CT molecular complexity index is 205. The number of allylic oxidation sites excluding steroid dienone is 1. The van der Waals surface area contributed by atoms with Crippen LogP contribution in [-0.4, -0.2) is 23.4 Å². The lowest BCUT2D eigenvalue weighted by Gasteiger charge is -2.31. The highest BCUT2D eigenvalue weighted by molar-refractivity contribution is 5.87. The Hall–Kier alpha value is -0.790. The average molecular weight is 211 g/mol. The van der Waals surface area contributed by atoms with Crippen LogP contribution in [0, 0.1) is 5.92 Å². The van der Waals surface area contributed by atoms with Gasteiger partial charge >= 0.3 is 0 Å². The zero-order chi connectivity index (χ0) is 11.8. The second kappa shape index (κ2) is 7.49. The van der Waals surface area contributed by atoms with E-state index in [1.165, 1.54) is 0 Å². The second-order valence-corrected chi connectivity index (χ2v) is 4.35. The highest BCUT2D eigenvalue weighted by Gasteiger charge is 2.19. The Morgan fingerprint density at radius 1 is 1.27 bits per heavy atom. The topological polar surface area (TPSA) is 20.3 Å². The van der Waals surface area contributed by atoms with Gasteiger partial charge in [-0.25, -0.2) is 0 Å². The summed E-state index contributed by atoms with van der Waals surface area (Å²) in [5.41, 5.74) is 0. The first-order chi connectivity index (χ1) is 7.06. The molecule has 0 saturated carbocycles. The van der Waals surface area contributed by atoms with E-state index in [-0.39, 0.29) is 5.91 Å². The molecule has 2 heteroatoms. The summed E-state index contributed by atoms with van der Waals surface area (Å²) >= 11 is 0. The van der Waals surface area contributed by atoms with Crippen LogP contribution in [0.3, 0.4) is 0 Å². The molecular weight excluding hydrogens is 186 g/mol. The third kappa shape index (κ3) is 5.01. The van der Waals surface area contributed by atoms with Crippen molar-refractivity contribution in [1.82, 2.24) is 4.90 Å². The maximum atomic E-state index is 11.9. The zero-order valence-electron chi connectivity index (χ0n) is 10.8. The first-order valence-corrected chi connectivity index (χ1v) is 6.00. The summed E-state index contributed by atoms with van der Waals surface area (Å²) in [6, 6.07) is 0.385. The fourth-order valence-electron chi connectivity index (χ4n) is 1.78. The van der Waals surface area contributed by atoms with Crippen molar-refractivity contribution >= 4 is 5.91 Å². The van der Waals surface area contributed by atoms with Crippen LogP contribution >= 0.6 is 0 Å². The van der Waals surface area contributed by atoms with Crippen LogP contribution in [0.15, 0.2) is 12.2 Å². The van der Waals surface area contributed by atoms with Crippen LogP contribution in [0.4, 0.5) is 0 Å². The summed E-state index contributed by atoms with van der Waals surface area (Å²) < 4.78 is 0. The molecule has 0 rings (SSSR count). The van der Waals surface area contributed by atoms with Gasteiger partial charge in [-0.3, -0.25) is 4.79 Å². The van der Waals surface area contributed by atoms with E-state index in [1.54, 1.807) is 6.08 Å². The van der Waals surface area contributed by atoms with Crippen molar-refractivity contribution in [2.24, 2.45) is 5.92 Å². The molecule has 0 aromatic rings. The van der Waals surface area contributed by atoms with Gasteiger partial charge in [0.1, 0.15) is 0 Å². The molecule has 0 aliphatic rings.